The lowest BCUT2D eigenvalue weighted by Crippen LogP contribution is -2.42. The van der Waals surface area contributed by atoms with Crippen LogP contribution in [0.25, 0.3) is 10.9 Å². The molecule has 0 aliphatic heterocycles. The number of aryl methyl sites for hydroxylation is 1. The van der Waals surface area contributed by atoms with Crippen LogP contribution in [0.2, 0.25) is 0 Å². The topological polar surface area (TPSA) is 79.7 Å². The highest BCUT2D eigenvalue weighted by atomic mass is 16.1. The minimum Gasteiger partial charge on any atom is -0.322 e. The van der Waals surface area contributed by atoms with Crippen molar-refractivity contribution >= 4 is 10.9 Å². The number of benzene rings is 1. The zero-order chi connectivity index (χ0) is 23.6. The van der Waals surface area contributed by atoms with Crippen LogP contribution in [0.4, 0.5) is 0 Å². The summed E-state index contributed by atoms with van der Waals surface area (Å²) in [5.41, 5.74) is 2.72. The van der Waals surface area contributed by atoms with E-state index in [2.05, 4.69) is 72.2 Å². The van der Waals surface area contributed by atoms with E-state index in [4.69, 9.17) is 0 Å². The van der Waals surface area contributed by atoms with E-state index in [-0.39, 0.29) is 17.1 Å². The van der Waals surface area contributed by atoms with Gasteiger partial charge in [-0.3, -0.25) is 9.69 Å². The molecule has 1 aliphatic carbocycles. The maximum Gasteiger partial charge on any atom is 0.252 e. The van der Waals surface area contributed by atoms with Crippen molar-refractivity contribution in [2.75, 3.05) is 0 Å². The second-order valence-electron chi connectivity index (χ2n) is 10.2. The van der Waals surface area contributed by atoms with Gasteiger partial charge in [0.2, 0.25) is 0 Å². The van der Waals surface area contributed by atoms with Crippen molar-refractivity contribution in [3.63, 3.8) is 0 Å². The Hall–Kier alpha value is -2.54. The van der Waals surface area contributed by atoms with Crippen LogP contribution in [0, 0.1) is 6.92 Å². The summed E-state index contributed by atoms with van der Waals surface area (Å²) >= 11 is 0. The molecule has 4 rings (SSSR count). The number of H-pyrrole nitrogens is 1. The lowest BCUT2D eigenvalue weighted by Gasteiger charge is -2.40. The highest BCUT2D eigenvalue weighted by Crippen LogP contribution is 2.34. The van der Waals surface area contributed by atoms with E-state index in [9.17, 15) is 4.79 Å². The number of pyridine rings is 1. The second kappa shape index (κ2) is 9.75. The third kappa shape index (κ3) is 4.88. The van der Waals surface area contributed by atoms with Crippen LogP contribution in [-0.2, 0) is 12.1 Å². The van der Waals surface area contributed by atoms with Crippen molar-refractivity contribution in [2.45, 2.75) is 104 Å². The van der Waals surface area contributed by atoms with E-state index < -0.39 is 0 Å². The van der Waals surface area contributed by atoms with Crippen molar-refractivity contribution in [2.24, 2.45) is 0 Å². The lowest BCUT2D eigenvalue weighted by molar-refractivity contribution is 0.0801. The van der Waals surface area contributed by atoms with E-state index >= 15 is 0 Å². The maximum absolute atomic E-state index is 13.1. The Morgan fingerprint density at radius 1 is 1.18 bits per heavy atom. The Kier molecular flexibility index (Phi) is 6.98. The molecule has 0 amide bonds. The first-order valence-electron chi connectivity index (χ1n) is 12.5. The fourth-order valence-corrected chi connectivity index (χ4v) is 5.14. The fraction of sp³-hybridized carbons (Fsp3) is 0.615. The summed E-state index contributed by atoms with van der Waals surface area (Å²) in [5.74, 6) is 0.906. The predicted octanol–water partition coefficient (Wildman–Crippen LogP) is 5.25. The molecule has 33 heavy (non-hydrogen) atoms. The number of rotatable bonds is 8. The highest BCUT2D eigenvalue weighted by Gasteiger charge is 2.34. The normalized spacial score (nSPS) is 16.5. The summed E-state index contributed by atoms with van der Waals surface area (Å²) in [5, 5.41) is 14.1. The molecule has 7 heteroatoms. The standard InChI is InChI=1S/C26H38N6O/c1-6-23(24-28-29-30-32(24)26(4,5)7-2)31(21-11-9-8-10-12-21)17-20-16-19-15-18(3)13-14-22(19)27-25(20)33/h13-16,21,23H,6-12,17H2,1-5H3,(H,27,33)/t23-/m1/s1. The van der Waals surface area contributed by atoms with Crippen LogP contribution < -0.4 is 5.56 Å². The molecule has 1 N–H and O–H groups in total. The van der Waals surface area contributed by atoms with Crippen LogP contribution in [0.1, 0.15) is 95.6 Å². The molecule has 1 aliphatic rings. The Balaban J connectivity index is 1.76. The fourth-order valence-electron chi connectivity index (χ4n) is 5.14. The second-order valence-corrected chi connectivity index (χ2v) is 10.2. The molecule has 1 saturated carbocycles. The predicted molar refractivity (Wildman–Crippen MR) is 132 cm³/mol. The van der Waals surface area contributed by atoms with Crippen molar-refractivity contribution in [3.8, 4) is 0 Å². The summed E-state index contributed by atoms with van der Waals surface area (Å²) in [7, 11) is 0. The number of hydrogen-bond donors (Lipinski definition) is 1. The van der Waals surface area contributed by atoms with Gasteiger partial charge in [0.05, 0.1) is 11.6 Å². The minimum absolute atomic E-state index is 0.00417. The van der Waals surface area contributed by atoms with Gasteiger partial charge in [-0.2, -0.15) is 0 Å². The van der Waals surface area contributed by atoms with E-state index in [1.165, 1.54) is 24.8 Å². The van der Waals surface area contributed by atoms with Gasteiger partial charge in [-0.1, -0.05) is 44.7 Å². The van der Waals surface area contributed by atoms with E-state index in [0.29, 0.717) is 12.6 Å². The Morgan fingerprint density at radius 2 is 1.94 bits per heavy atom. The molecular formula is C26H38N6O. The van der Waals surface area contributed by atoms with Crippen LogP contribution in [-0.4, -0.2) is 36.1 Å². The van der Waals surface area contributed by atoms with Crippen molar-refractivity contribution in [1.29, 1.82) is 0 Å². The third-order valence-electron chi connectivity index (χ3n) is 7.49. The van der Waals surface area contributed by atoms with Gasteiger partial charge in [-0.25, -0.2) is 4.68 Å². The molecule has 1 fully saturated rings. The third-order valence-corrected chi connectivity index (χ3v) is 7.49. The Bertz CT molecular complexity index is 1140. The van der Waals surface area contributed by atoms with Crippen LogP contribution >= 0.6 is 0 Å². The van der Waals surface area contributed by atoms with E-state index in [1.807, 2.05) is 16.8 Å². The Labute approximate surface area is 196 Å². The monoisotopic (exact) mass is 450 g/mol. The SMILES string of the molecule is CC[C@H](c1nnnn1C(C)(C)CC)N(Cc1cc2cc(C)ccc2[nH]c1=O)C1CCCCC1. The van der Waals surface area contributed by atoms with Gasteiger partial charge in [0, 0.05) is 23.7 Å². The quantitative estimate of drug-likeness (QED) is 0.507. The van der Waals surface area contributed by atoms with Gasteiger partial charge < -0.3 is 4.98 Å². The smallest absolute Gasteiger partial charge is 0.252 e. The lowest BCUT2D eigenvalue weighted by atomic mass is 9.91. The summed E-state index contributed by atoms with van der Waals surface area (Å²) in [6.07, 6.45) is 7.89. The molecule has 0 bridgehead atoms. The van der Waals surface area contributed by atoms with Gasteiger partial charge in [-0.15, -0.1) is 5.10 Å². The zero-order valence-corrected chi connectivity index (χ0v) is 20.8. The summed E-state index contributed by atoms with van der Waals surface area (Å²) < 4.78 is 2.00. The molecule has 178 valence electrons. The number of nitrogens with zero attached hydrogens (tertiary/aromatic N) is 5. The number of aromatic amines is 1. The van der Waals surface area contributed by atoms with Crippen LogP contribution in [0.5, 0.6) is 0 Å². The maximum atomic E-state index is 13.1. The van der Waals surface area contributed by atoms with Gasteiger partial charge in [-0.05, 0) is 80.5 Å². The van der Waals surface area contributed by atoms with Gasteiger partial charge >= 0.3 is 0 Å². The molecule has 0 spiro atoms. The van der Waals surface area contributed by atoms with Crippen molar-refractivity contribution in [3.05, 3.63) is 51.6 Å². The highest BCUT2D eigenvalue weighted by molar-refractivity contribution is 5.79. The average molecular weight is 451 g/mol. The van der Waals surface area contributed by atoms with Crippen LogP contribution in [0.3, 0.4) is 0 Å². The summed E-state index contributed by atoms with van der Waals surface area (Å²) in [4.78, 5) is 18.7. The number of tetrazole rings is 1. The van der Waals surface area contributed by atoms with Gasteiger partial charge in [0.1, 0.15) is 0 Å². The molecule has 1 aromatic carbocycles. The van der Waals surface area contributed by atoms with Crippen molar-refractivity contribution < 1.29 is 0 Å². The van der Waals surface area contributed by atoms with E-state index in [1.54, 1.807) is 0 Å². The largest absolute Gasteiger partial charge is 0.322 e. The summed E-state index contributed by atoms with van der Waals surface area (Å²) in [6, 6.07) is 8.72. The molecule has 7 nitrogen and oxygen atoms in total. The molecule has 2 heterocycles. The molecule has 0 saturated heterocycles. The van der Waals surface area contributed by atoms with Crippen LogP contribution in [0.15, 0.2) is 29.1 Å². The summed E-state index contributed by atoms with van der Waals surface area (Å²) in [6.45, 7) is 11.4. The van der Waals surface area contributed by atoms with E-state index in [0.717, 1.165) is 48.0 Å². The zero-order valence-electron chi connectivity index (χ0n) is 20.8. The average Bonchev–Trinajstić information content (AvgIpc) is 3.31. The number of aromatic nitrogens is 5. The number of fused-ring (bicyclic) bond motifs is 1. The molecule has 3 aromatic rings. The minimum atomic E-state index is -0.164. The van der Waals surface area contributed by atoms with Crippen molar-refractivity contribution in [1.82, 2.24) is 30.1 Å². The molecule has 1 atom stereocenters. The molecule has 2 aromatic heterocycles. The number of hydrogen-bond acceptors (Lipinski definition) is 5. The molecule has 0 unspecified atom stereocenters. The Morgan fingerprint density at radius 3 is 2.64 bits per heavy atom. The first-order chi connectivity index (χ1) is 15.8. The first kappa shape index (κ1) is 23.6. The first-order valence-corrected chi connectivity index (χ1v) is 12.5. The number of nitrogens with one attached hydrogen (secondary N) is 1. The molecular weight excluding hydrogens is 412 g/mol. The van der Waals surface area contributed by atoms with Gasteiger partial charge in [0.25, 0.3) is 5.56 Å². The van der Waals surface area contributed by atoms with Gasteiger partial charge in [0.15, 0.2) is 5.82 Å². The molecule has 0 radical (unpaired) electrons.